The van der Waals surface area contributed by atoms with Gasteiger partial charge in [0.15, 0.2) is 0 Å². The van der Waals surface area contributed by atoms with Crippen LogP contribution in [0.1, 0.15) is 115 Å². The summed E-state index contributed by atoms with van der Waals surface area (Å²) < 4.78 is 39.1. The van der Waals surface area contributed by atoms with Crippen LogP contribution in [0.25, 0.3) is 0 Å². The quantitative estimate of drug-likeness (QED) is 0.211. The van der Waals surface area contributed by atoms with E-state index >= 15 is 0 Å². The second-order valence-corrected chi connectivity index (χ2v) is 8.72. The maximum atomic E-state index is 13.0. The van der Waals surface area contributed by atoms with Crippen molar-refractivity contribution in [2.45, 2.75) is 116 Å². The molecule has 0 N–H and O–H groups in total. The summed E-state index contributed by atoms with van der Waals surface area (Å²) in [5.41, 5.74) is 0.238. The normalized spacial score (nSPS) is 12.1. The lowest BCUT2D eigenvalue weighted by molar-refractivity contribution is -0.137. The summed E-state index contributed by atoms with van der Waals surface area (Å²) in [5, 5.41) is 0. The third kappa shape index (κ3) is 13.3. The first-order valence-corrected chi connectivity index (χ1v) is 12.4. The van der Waals surface area contributed by atoms with Gasteiger partial charge < -0.3 is 0 Å². The van der Waals surface area contributed by atoms with Gasteiger partial charge in [-0.25, -0.2) is 0 Å². The number of rotatable bonds is 18. The Morgan fingerprint density at radius 3 is 1.60 bits per heavy atom. The van der Waals surface area contributed by atoms with Crippen molar-refractivity contribution in [2.75, 3.05) is 13.1 Å². The van der Waals surface area contributed by atoms with Crippen molar-refractivity contribution in [3.63, 3.8) is 0 Å². The molecule has 0 atom stereocenters. The summed E-state index contributed by atoms with van der Waals surface area (Å²) in [4.78, 5) is 2.37. The lowest BCUT2D eigenvalue weighted by atomic mass is 10.1. The van der Waals surface area contributed by atoms with Gasteiger partial charge in [0.05, 0.1) is 5.56 Å². The zero-order valence-electron chi connectivity index (χ0n) is 19.4. The summed E-state index contributed by atoms with van der Waals surface area (Å²) in [7, 11) is 0. The molecule has 0 saturated heterocycles. The fourth-order valence-corrected chi connectivity index (χ4v) is 3.96. The van der Waals surface area contributed by atoms with E-state index in [1.807, 2.05) is 6.07 Å². The zero-order valence-corrected chi connectivity index (χ0v) is 19.4. The van der Waals surface area contributed by atoms with E-state index in [9.17, 15) is 13.2 Å². The third-order valence-electron chi connectivity index (χ3n) is 5.82. The molecule has 0 unspecified atom stereocenters. The number of unbranched alkanes of at least 4 members (excludes halogenated alkanes) is 12. The molecule has 0 radical (unpaired) electrons. The molecule has 0 aliphatic carbocycles. The first-order valence-electron chi connectivity index (χ1n) is 12.4. The van der Waals surface area contributed by atoms with E-state index in [4.69, 9.17) is 0 Å². The molecule has 1 rings (SSSR count). The molecule has 0 bridgehead atoms. The molecule has 0 fully saturated rings. The van der Waals surface area contributed by atoms with Crippen LogP contribution in [0.3, 0.4) is 0 Å². The SMILES string of the molecule is CCCCCCCCCN(CCCCCCCCC)Cc1cccc(C(F)(F)F)c1. The Bertz CT molecular complexity index is 509. The fraction of sp³-hybridized carbons (Fsp3) is 0.769. The number of alkyl halides is 3. The monoisotopic (exact) mass is 427 g/mol. The van der Waals surface area contributed by atoms with Crippen LogP contribution >= 0.6 is 0 Å². The number of hydrogen-bond donors (Lipinski definition) is 0. The fourth-order valence-electron chi connectivity index (χ4n) is 3.96. The molecule has 0 amide bonds. The van der Waals surface area contributed by atoms with Crippen molar-refractivity contribution in [1.82, 2.24) is 4.90 Å². The Morgan fingerprint density at radius 1 is 0.667 bits per heavy atom. The molecule has 1 aromatic rings. The minimum atomic E-state index is -4.27. The highest BCUT2D eigenvalue weighted by Crippen LogP contribution is 2.29. The van der Waals surface area contributed by atoms with Crippen LogP contribution in [0.2, 0.25) is 0 Å². The van der Waals surface area contributed by atoms with Crippen molar-refractivity contribution in [2.24, 2.45) is 0 Å². The summed E-state index contributed by atoms with van der Waals surface area (Å²) in [6.45, 7) is 7.06. The van der Waals surface area contributed by atoms with E-state index in [1.165, 1.54) is 95.2 Å². The molecular weight excluding hydrogens is 383 g/mol. The maximum Gasteiger partial charge on any atom is 0.416 e. The minimum absolute atomic E-state index is 0.535. The predicted octanol–water partition coefficient (Wildman–Crippen LogP) is 9.01. The summed E-state index contributed by atoms with van der Waals surface area (Å²) in [5.74, 6) is 0. The van der Waals surface area contributed by atoms with Gasteiger partial charge >= 0.3 is 6.18 Å². The van der Waals surface area contributed by atoms with Crippen molar-refractivity contribution in [3.8, 4) is 0 Å². The molecule has 0 spiro atoms. The van der Waals surface area contributed by atoms with E-state index in [-0.39, 0.29) is 0 Å². The number of hydrogen-bond acceptors (Lipinski definition) is 1. The predicted molar refractivity (Wildman–Crippen MR) is 123 cm³/mol. The Morgan fingerprint density at radius 2 is 1.13 bits per heavy atom. The molecule has 0 saturated carbocycles. The molecule has 1 aromatic carbocycles. The highest BCUT2D eigenvalue weighted by molar-refractivity contribution is 5.25. The molecular formula is C26H44F3N. The second-order valence-electron chi connectivity index (χ2n) is 8.72. The first-order chi connectivity index (χ1) is 14.5. The van der Waals surface area contributed by atoms with Crippen molar-refractivity contribution in [1.29, 1.82) is 0 Å². The Balaban J connectivity index is 2.47. The highest BCUT2D eigenvalue weighted by Gasteiger charge is 2.30. The molecule has 0 heterocycles. The van der Waals surface area contributed by atoms with Gasteiger partial charge in [-0.2, -0.15) is 13.2 Å². The highest BCUT2D eigenvalue weighted by atomic mass is 19.4. The van der Waals surface area contributed by atoms with Gasteiger partial charge in [-0.1, -0.05) is 109 Å². The largest absolute Gasteiger partial charge is 0.416 e. The van der Waals surface area contributed by atoms with Crippen molar-refractivity contribution >= 4 is 0 Å². The average molecular weight is 428 g/mol. The van der Waals surface area contributed by atoms with Gasteiger partial charge in [0.1, 0.15) is 0 Å². The van der Waals surface area contributed by atoms with Crippen LogP contribution in [0.15, 0.2) is 24.3 Å². The van der Waals surface area contributed by atoms with E-state index in [0.29, 0.717) is 6.54 Å². The lowest BCUT2D eigenvalue weighted by Crippen LogP contribution is -2.26. The van der Waals surface area contributed by atoms with Gasteiger partial charge in [0.2, 0.25) is 0 Å². The maximum absolute atomic E-state index is 13.0. The van der Waals surface area contributed by atoms with Crippen molar-refractivity contribution < 1.29 is 13.2 Å². The van der Waals surface area contributed by atoms with Crippen molar-refractivity contribution in [3.05, 3.63) is 35.4 Å². The van der Waals surface area contributed by atoms with Crippen LogP contribution < -0.4 is 0 Å². The molecule has 174 valence electrons. The second kappa shape index (κ2) is 16.6. The molecule has 0 aliphatic heterocycles. The van der Waals surface area contributed by atoms with E-state index in [2.05, 4.69) is 18.7 Å². The standard InChI is InChI=1S/C26H44F3N/c1-3-5-7-9-11-13-15-20-30(21-16-14-12-10-8-6-4-2)23-24-18-17-19-25(22-24)26(27,28)29/h17-19,22H,3-16,20-21,23H2,1-2H3. The molecule has 30 heavy (non-hydrogen) atoms. The van der Waals surface area contributed by atoms with Crippen LogP contribution in [0.4, 0.5) is 13.2 Å². The molecule has 4 heteroatoms. The average Bonchev–Trinajstić information content (AvgIpc) is 2.71. The summed E-state index contributed by atoms with van der Waals surface area (Å²) in [6, 6.07) is 5.86. The van der Waals surface area contributed by atoms with Crippen LogP contribution in [-0.4, -0.2) is 18.0 Å². The van der Waals surface area contributed by atoms with Crippen LogP contribution in [-0.2, 0) is 12.7 Å². The number of nitrogens with zero attached hydrogens (tertiary/aromatic N) is 1. The molecule has 1 nitrogen and oxygen atoms in total. The van der Waals surface area contributed by atoms with Gasteiger partial charge in [-0.15, -0.1) is 0 Å². The molecule has 0 aromatic heterocycles. The molecule has 0 aliphatic rings. The minimum Gasteiger partial charge on any atom is -0.299 e. The van der Waals surface area contributed by atoms with Crippen LogP contribution in [0.5, 0.6) is 0 Å². The third-order valence-corrected chi connectivity index (χ3v) is 5.82. The van der Waals surface area contributed by atoms with Gasteiger partial charge in [-0.3, -0.25) is 4.90 Å². The number of benzene rings is 1. The van der Waals surface area contributed by atoms with Crippen LogP contribution in [0, 0.1) is 0 Å². The van der Waals surface area contributed by atoms with E-state index < -0.39 is 11.7 Å². The van der Waals surface area contributed by atoms with E-state index in [0.717, 1.165) is 31.5 Å². The summed E-state index contributed by atoms with van der Waals surface area (Å²) >= 11 is 0. The van der Waals surface area contributed by atoms with Gasteiger partial charge in [0, 0.05) is 6.54 Å². The Labute approximate surface area is 183 Å². The lowest BCUT2D eigenvalue weighted by Gasteiger charge is -2.23. The topological polar surface area (TPSA) is 3.24 Å². The zero-order chi connectivity index (χ0) is 22.1. The smallest absolute Gasteiger partial charge is 0.299 e. The van der Waals surface area contributed by atoms with Gasteiger partial charge in [-0.05, 0) is 37.6 Å². The van der Waals surface area contributed by atoms with Gasteiger partial charge in [0.25, 0.3) is 0 Å². The first kappa shape index (κ1) is 27.0. The van der Waals surface area contributed by atoms with E-state index in [1.54, 1.807) is 0 Å². The number of halogens is 3. The summed E-state index contributed by atoms with van der Waals surface area (Å²) in [6.07, 6.45) is 13.4. The Hall–Kier alpha value is -1.03. The Kier molecular flexibility index (Phi) is 15.0.